The van der Waals surface area contributed by atoms with Crippen molar-refractivity contribution in [3.8, 4) is 0 Å². The number of hydrogen-bond acceptors (Lipinski definition) is 1. The summed E-state index contributed by atoms with van der Waals surface area (Å²) in [7, 11) is 0. The molecule has 1 unspecified atom stereocenters. The maximum Gasteiger partial charge on any atom is 0.0793 e. The summed E-state index contributed by atoms with van der Waals surface area (Å²) < 4.78 is 0. The Morgan fingerprint density at radius 1 is 1.00 bits per heavy atom. The molecule has 1 N–H and O–H groups in total. The van der Waals surface area contributed by atoms with Crippen molar-refractivity contribution in [2.45, 2.75) is 57.5 Å². The van der Waals surface area contributed by atoms with E-state index in [0.29, 0.717) is 5.92 Å². The van der Waals surface area contributed by atoms with Crippen molar-refractivity contribution in [3.63, 3.8) is 0 Å². The van der Waals surface area contributed by atoms with Crippen molar-refractivity contribution < 1.29 is 5.11 Å². The second-order valence-electron chi connectivity index (χ2n) is 5.45. The summed E-state index contributed by atoms with van der Waals surface area (Å²) in [5.74, 6) is 0.630. The lowest BCUT2D eigenvalue weighted by Crippen LogP contribution is -2.15. The Hall–Kier alpha value is -0.820. The van der Waals surface area contributed by atoms with E-state index in [0.717, 1.165) is 12.8 Å². The molecular weight excluding hydrogens is 196 g/mol. The van der Waals surface area contributed by atoms with Crippen molar-refractivity contribution in [1.29, 1.82) is 0 Å². The molecule has 0 heterocycles. The number of hydrogen-bond donors (Lipinski definition) is 1. The zero-order valence-electron chi connectivity index (χ0n) is 10.00. The van der Waals surface area contributed by atoms with E-state index in [1.807, 2.05) is 0 Å². The average Bonchev–Trinajstić information content (AvgIpc) is 2.32. The fourth-order valence-electron chi connectivity index (χ4n) is 3.26. The number of aliphatic hydroxyl groups is 1. The second-order valence-corrected chi connectivity index (χ2v) is 5.45. The van der Waals surface area contributed by atoms with Crippen molar-refractivity contribution in [2.24, 2.45) is 0 Å². The lowest BCUT2D eigenvalue weighted by atomic mass is 9.78. The molecule has 86 valence electrons. The maximum atomic E-state index is 10.1. The van der Waals surface area contributed by atoms with Gasteiger partial charge in [0.25, 0.3) is 0 Å². The van der Waals surface area contributed by atoms with Gasteiger partial charge in [0.15, 0.2) is 0 Å². The van der Waals surface area contributed by atoms with Crippen LogP contribution in [-0.2, 0) is 12.8 Å². The third kappa shape index (κ3) is 1.58. The van der Waals surface area contributed by atoms with Gasteiger partial charge in [-0.1, -0.05) is 19.1 Å². The monoisotopic (exact) mass is 216 g/mol. The van der Waals surface area contributed by atoms with E-state index in [1.54, 1.807) is 5.56 Å². The van der Waals surface area contributed by atoms with Crippen LogP contribution in [0.2, 0.25) is 0 Å². The van der Waals surface area contributed by atoms with Crippen LogP contribution in [-0.4, -0.2) is 5.11 Å². The van der Waals surface area contributed by atoms with Gasteiger partial charge in [0.2, 0.25) is 0 Å². The van der Waals surface area contributed by atoms with Crippen LogP contribution >= 0.6 is 0 Å². The van der Waals surface area contributed by atoms with Crippen LogP contribution in [0.4, 0.5) is 0 Å². The van der Waals surface area contributed by atoms with Crippen LogP contribution in [0.5, 0.6) is 0 Å². The molecule has 0 aromatic heterocycles. The molecule has 0 spiro atoms. The summed E-state index contributed by atoms with van der Waals surface area (Å²) in [4.78, 5) is 0. The Balaban J connectivity index is 2.11. The highest BCUT2D eigenvalue weighted by Gasteiger charge is 2.25. The predicted molar refractivity (Wildman–Crippen MR) is 65.7 cm³/mol. The molecule has 0 aliphatic heterocycles. The molecule has 16 heavy (non-hydrogen) atoms. The lowest BCUT2D eigenvalue weighted by Gasteiger charge is -2.29. The van der Waals surface area contributed by atoms with E-state index in [4.69, 9.17) is 0 Å². The van der Waals surface area contributed by atoms with E-state index in [2.05, 4.69) is 19.1 Å². The number of aryl methyl sites for hydroxylation is 2. The largest absolute Gasteiger partial charge is 0.388 e. The molecular formula is C15H20O. The van der Waals surface area contributed by atoms with Crippen LogP contribution in [0.3, 0.4) is 0 Å². The molecule has 1 nitrogen and oxygen atoms in total. The molecule has 0 radical (unpaired) electrons. The summed E-state index contributed by atoms with van der Waals surface area (Å²) in [5, 5.41) is 10.1. The third-order valence-electron chi connectivity index (χ3n) is 4.31. The fourth-order valence-corrected chi connectivity index (χ4v) is 3.26. The maximum absolute atomic E-state index is 10.1. The van der Waals surface area contributed by atoms with Gasteiger partial charge in [-0.3, -0.25) is 0 Å². The molecule has 0 bridgehead atoms. The number of rotatable bonds is 0. The molecule has 1 heteroatoms. The number of benzene rings is 1. The summed E-state index contributed by atoms with van der Waals surface area (Å²) in [6.07, 6.45) is 6.97. The normalized spacial score (nSPS) is 28.4. The Labute approximate surface area is 97.5 Å². The number of aliphatic hydroxyl groups excluding tert-OH is 1. The first-order chi connectivity index (χ1) is 7.75. The highest BCUT2D eigenvalue weighted by Crippen LogP contribution is 2.39. The van der Waals surface area contributed by atoms with Gasteiger partial charge in [-0.15, -0.1) is 0 Å². The van der Waals surface area contributed by atoms with Gasteiger partial charge in [-0.25, -0.2) is 0 Å². The van der Waals surface area contributed by atoms with E-state index < -0.39 is 0 Å². The quantitative estimate of drug-likeness (QED) is 0.703. The minimum absolute atomic E-state index is 0.210. The minimum atomic E-state index is -0.210. The van der Waals surface area contributed by atoms with Crippen molar-refractivity contribution >= 4 is 0 Å². The molecule has 0 fully saturated rings. The molecule has 2 atom stereocenters. The van der Waals surface area contributed by atoms with E-state index in [-0.39, 0.29) is 6.10 Å². The van der Waals surface area contributed by atoms with E-state index in [9.17, 15) is 5.11 Å². The highest BCUT2D eigenvalue weighted by molar-refractivity contribution is 5.43. The van der Waals surface area contributed by atoms with Gasteiger partial charge >= 0.3 is 0 Å². The molecule has 1 aromatic carbocycles. The summed E-state index contributed by atoms with van der Waals surface area (Å²) in [6, 6.07) is 4.68. The van der Waals surface area contributed by atoms with Crippen LogP contribution in [0.1, 0.15) is 66.9 Å². The molecule has 1 aromatic rings. The van der Waals surface area contributed by atoms with Crippen LogP contribution in [0.15, 0.2) is 12.1 Å². The first-order valence-electron chi connectivity index (χ1n) is 6.59. The van der Waals surface area contributed by atoms with Crippen LogP contribution in [0, 0.1) is 0 Å². The summed E-state index contributed by atoms with van der Waals surface area (Å²) in [5.41, 5.74) is 5.68. The fraction of sp³-hybridized carbons (Fsp3) is 0.600. The van der Waals surface area contributed by atoms with Crippen LogP contribution in [0.25, 0.3) is 0 Å². The topological polar surface area (TPSA) is 20.2 Å². The van der Waals surface area contributed by atoms with Gasteiger partial charge < -0.3 is 5.11 Å². The summed E-state index contributed by atoms with van der Waals surface area (Å²) >= 11 is 0. The molecule has 0 saturated carbocycles. The zero-order chi connectivity index (χ0) is 11.1. The van der Waals surface area contributed by atoms with Crippen molar-refractivity contribution in [1.82, 2.24) is 0 Å². The average molecular weight is 216 g/mol. The standard InChI is InChI=1S/C15H20O/c1-10-6-7-15(16)14-9-12-5-3-2-4-11(12)8-13(10)14/h8-10,15-16H,2-7H2,1H3/t10?,15-/m1/s1. The SMILES string of the molecule is CC1CC[C@@H](O)c2cc3c(cc21)CCCC3. The molecule has 3 rings (SSSR count). The predicted octanol–water partition coefficient (Wildman–Crippen LogP) is 3.50. The van der Waals surface area contributed by atoms with Crippen LogP contribution < -0.4 is 0 Å². The van der Waals surface area contributed by atoms with Gasteiger partial charge in [0, 0.05) is 0 Å². The molecule has 0 saturated heterocycles. The Morgan fingerprint density at radius 3 is 2.31 bits per heavy atom. The van der Waals surface area contributed by atoms with Gasteiger partial charge in [-0.2, -0.15) is 0 Å². The molecule has 2 aliphatic carbocycles. The lowest BCUT2D eigenvalue weighted by molar-refractivity contribution is 0.151. The minimum Gasteiger partial charge on any atom is -0.388 e. The van der Waals surface area contributed by atoms with E-state index in [1.165, 1.54) is 42.4 Å². The van der Waals surface area contributed by atoms with E-state index >= 15 is 0 Å². The first-order valence-corrected chi connectivity index (χ1v) is 6.59. The van der Waals surface area contributed by atoms with Gasteiger partial charge in [0.1, 0.15) is 0 Å². The van der Waals surface area contributed by atoms with Gasteiger partial charge in [0.05, 0.1) is 6.10 Å². The third-order valence-corrected chi connectivity index (χ3v) is 4.31. The van der Waals surface area contributed by atoms with Crippen molar-refractivity contribution in [3.05, 3.63) is 34.4 Å². The molecule has 0 amide bonds. The summed E-state index contributed by atoms with van der Waals surface area (Å²) in [6.45, 7) is 2.29. The molecule has 2 aliphatic rings. The van der Waals surface area contributed by atoms with Crippen molar-refractivity contribution in [2.75, 3.05) is 0 Å². The first kappa shape index (κ1) is 10.3. The Kier molecular flexibility index (Phi) is 2.51. The second kappa shape index (κ2) is 3.89. The Bertz CT molecular complexity index is 369. The highest BCUT2D eigenvalue weighted by atomic mass is 16.3. The number of fused-ring (bicyclic) bond motifs is 2. The zero-order valence-corrected chi connectivity index (χ0v) is 10.00. The van der Waals surface area contributed by atoms with Gasteiger partial charge in [-0.05, 0) is 66.7 Å². The smallest absolute Gasteiger partial charge is 0.0793 e. The Morgan fingerprint density at radius 2 is 1.62 bits per heavy atom.